The van der Waals surface area contributed by atoms with Gasteiger partial charge in [-0.25, -0.2) is 4.39 Å². The zero-order valence-electron chi connectivity index (χ0n) is 12.0. The molecule has 0 fully saturated rings. The number of furan rings is 1. The summed E-state index contributed by atoms with van der Waals surface area (Å²) in [6.07, 6.45) is 0. The third kappa shape index (κ3) is 3.46. The van der Waals surface area contributed by atoms with Crippen LogP contribution in [0.25, 0.3) is 0 Å². The fourth-order valence-corrected chi connectivity index (χ4v) is 2.01. The van der Waals surface area contributed by atoms with Crippen molar-refractivity contribution in [1.82, 2.24) is 5.32 Å². The largest absolute Gasteiger partial charge is 0.463 e. The van der Waals surface area contributed by atoms with Gasteiger partial charge in [0.25, 0.3) is 0 Å². The monoisotopic (exact) mass is 277 g/mol. The Labute approximate surface area is 118 Å². The van der Waals surface area contributed by atoms with Gasteiger partial charge in [-0.15, -0.1) is 0 Å². The normalized spacial score (nSPS) is 14.2. The number of aliphatic hydroxyl groups is 1. The van der Waals surface area contributed by atoms with Crippen LogP contribution >= 0.6 is 0 Å². The van der Waals surface area contributed by atoms with E-state index >= 15 is 0 Å². The van der Waals surface area contributed by atoms with E-state index in [1.165, 1.54) is 6.07 Å². The first-order valence-electron chi connectivity index (χ1n) is 6.63. The fourth-order valence-electron chi connectivity index (χ4n) is 2.01. The highest BCUT2D eigenvalue weighted by Gasteiger charge is 2.26. The standard InChI is InChI=1S/C16H20FNO2/c1-11-4-6-13(8-14(11)17)9-18-10-16(3,19)15-7-5-12(2)20-15/h4-8,18-19H,9-10H2,1-3H3. The second-order valence-corrected chi connectivity index (χ2v) is 5.37. The molecule has 0 amide bonds. The van der Waals surface area contributed by atoms with Gasteiger partial charge in [-0.2, -0.15) is 0 Å². The van der Waals surface area contributed by atoms with Crippen LogP contribution in [0.3, 0.4) is 0 Å². The highest BCUT2D eigenvalue weighted by atomic mass is 19.1. The van der Waals surface area contributed by atoms with E-state index in [9.17, 15) is 9.50 Å². The minimum absolute atomic E-state index is 0.210. The molecule has 0 aliphatic carbocycles. The molecule has 0 aliphatic rings. The Kier molecular flexibility index (Phi) is 4.26. The Morgan fingerprint density at radius 1 is 1.25 bits per heavy atom. The summed E-state index contributed by atoms with van der Waals surface area (Å²) in [5, 5.41) is 13.5. The number of hydrogen-bond acceptors (Lipinski definition) is 3. The van der Waals surface area contributed by atoms with Crippen LogP contribution in [0.15, 0.2) is 34.7 Å². The second kappa shape index (κ2) is 5.77. The van der Waals surface area contributed by atoms with E-state index in [0.29, 0.717) is 24.4 Å². The molecule has 2 rings (SSSR count). The summed E-state index contributed by atoms with van der Waals surface area (Å²) in [5.41, 5.74) is 0.392. The maximum absolute atomic E-state index is 13.4. The zero-order chi connectivity index (χ0) is 14.8. The highest BCUT2D eigenvalue weighted by Crippen LogP contribution is 2.22. The van der Waals surface area contributed by atoms with Gasteiger partial charge in [0.1, 0.15) is 22.9 Å². The van der Waals surface area contributed by atoms with Gasteiger partial charge in [-0.3, -0.25) is 0 Å². The maximum Gasteiger partial charge on any atom is 0.136 e. The quantitative estimate of drug-likeness (QED) is 0.883. The molecule has 1 aromatic heterocycles. The average Bonchev–Trinajstić information content (AvgIpc) is 2.81. The van der Waals surface area contributed by atoms with E-state index in [-0.39, 0.29) is 5.82 Å². The van der Waals surface area contributed by atoms with Crippen LogP contribution in [-0.4, -0.2) is 11.7 Å². The molecule has 2 aromatic rings. The molecule has 0 bridgehead atoms. The van der Waals surface area contributed by atoms with Gasteiger partial charge in [-0.1, -0.05) is 12.1 Å². The third-order valence-corrected chi connectivity index (χ3v) is 3.31. The molecule has 108 valence electrons. The Morgan fingerprint density at radius 2 is 2.00 bits per heavy atom. The van der Waals surface area contributed by atoms with Crippen molar-refractivity contribution in [2.45, 2.75) is 32.9 Å². The Hall–Kier alpha value is -1.65. The molecular weight excluding hydrogens is 257 g/mol. The molecule has 2 N–H and O–H groups in total. The van der Waals surface area contributed by atoms with Gasteiger partial charge < -0.3 is 14.8 Å². The lowest BCUT2D eigenvalue weighted by Gasteiger charge is -2.21. The zero-order valence-corrected chi connectivity index (χ0v) is 12.0. The highest BCUT2D eigenvalue weighted by molar-refractivity contribution is 5.23. The number of hydrogen-bond donors (Lipinski definition) is 2. The first kappa shape index (κ1) is 14.8. The summed E-state index contributed by atoms with van der Waals surface area (Å²) in [4.78, 5) is 0. The second-order valence-electron chi connectivity index (χ2n) is 5.37. The molecule has 3 nitrogen and oxygen atoms in total. The van der Waals surface area contributed by atoms with Crippen LogP contribution in [0.1, 0.15) is 29.6 Å². The molecule has 20 heavy (non-hydrogen) atoms. The number of rotatable bonds is 5. The lowest BCUT2D eigenvalue weighted by molar-refractivity contribution is 0.0332. The van der Waals surface area contributed by atoms with Crippen molar-refractivity contribution < 1.29 is 13.9 Å². The van der Waals surface area contributed by atoms with Gasteiger partial charge in [0.05, 0.1) is 0 Å². The molecule has 1 heterocycles. The third-order valence-electron chi connectivity index (χ3n) is 3.31. The molecule has 0 radical (unpaired) electrons. The van der Waals surface area contributed by atoms with Crippen LogP contribution in [0.2, 0.25) is 0 Å². The Balaban J connectivity index is 1.93. The lowest BCUT2D eigenvalue weighted by Crippen LogP contribution is -2.34. The smallest absolute Gasteiger partial charge is 0.136 e. The van der Waals surface area contributed by atoms with E-state index in [4.69, 9.17) is 4.42 Å². The predicted molar refractivity (Wildman–Crippen MR) is 75.9 cm³/mol. The molecule has 0 aliphatic heterocycles. The summed E-state index contributed by atoms with van der Waals surface area (Å²) in [6.45, 7) is 6.08. The maximum atomic E-state index is 13.4. The van der Waals surface area contributed by atoms with Gasteiger partial charge >= 0.3 is 0 Å². The van der Waals surface area contributed by atoms with Gasteiger partial charge in [-0.05, 0) is 50.1 Å². The first-order chi connectivity index (χ1) is 9.38. The van der Waals surface area contributed by atoms with E-state index in [1.807, 2.05) is 19.1 Å². The molecule has 0 saturated carbocycles. The van der Waals surface area contributed by atoms with E-state index < -0.39 is 5.60 Å². The molecule has 4 heteroatoms. The van der Waals surface area contributed by atoms with Crippen LogP contribution < -0.4 is 5.32 Å². The van der Waals surface area contributed by atoms with Gasteiger partial charge in [0, 0.05) is 13.1 Å². The van der Waals surface area contributed by atoms with Crippen LogP contribution in [0.5, 0.6) is 0 Å². The van der Waals surface area contributed by atoms with Crippen molar-refractivity contribution in [3.8, 4) is 0 Å². The van der Waals surface area contributed by atoms with E-state index in [1.54, 1.807) is 26.0 Å². The summed E-state index contributed by atoms with van der Waals surface area (Å²) in [5.74, 6) is 1.08. The minimum Gasteiger partial charge on any atom is -0.463 e. The molecule has 0 spiro atoms. The molecule has 1 unspecified atom stereocenters. The van der Waals surface area contributed by atoms with E-state index in [0.717, 1.165) is 11.3 Å². The number of benzene rings is 1. The SMILES string of the molecule is Cc1ccc(C(C)(O)CNCc2ccc(C)c(F)c2)o1. The van der Waals surface area contributed by atoms with Crippen molar-refractivity contribution in [3.63, 3.8) is 0 Å². The van der Waals surface area contributed by atoms with Crippen molar-refractivity contribution in [2.75, 3.05) is 6.54 Å². The number of halogens is 1. The van der Waals surface area contributed by atoms with Gasteiger partial charge in [0.2, 0.25) is 0 Å². The fraction of sp³-hybridized carbons (Fsp3) is 0.375. The topological polar surface area (TPSA) is 45.4 Å². The van der Waals surface area contributed by atoms with Crippen LogP contribution in [0, 0.1) is 19.7 Å². The number of nitrogens with one attached hydrogen (secondary N) is 1. The molecular formula is C16H20FNO2. The molecule has 1 atom stereocenters. The average molecular weight is 277 g/mol. The van der Waals surface area contributed by atoms with E-state index in [2.05, 4.69) is 5.32 Å². The van der Waals surface area contributed by atoms with Crippen LogP contribution in [-0.2, 0) is 12.1 Å². The molecule has 1 aromatic carbocycles. The summed E-state index contributed by atoms with van der Waals surface area (Å²) >= 11 is 0. The summed E-state index contributed by atoms with van der Waals surface area (Å²) < 4.78 is 18.9. The van der Waals surface area contributed by atoms with Crippen molar-refractivity contribution in [3.05, 3.63) is 58.8 Å². The Morgan fingerprint density at radius 3 is 2.60 bits per heavy atom. The summed E-state index contributed by atoms with van der Waals surface area (Å²) in [7, 11) is 0. The molecule has 0 saturated heterocycles. The van der Waals surface area contributed by atoms with Crippen LogP contribution in [0.4, 0.5) is 4.39 Å². The predicted octanol–water partition coefficient (Wildman–Crippen LogP) is 3.03. The van der Waals surface area contributed by atoms with Crippen molar-refractivity contribution >= 4 is 0 Å². The number of aryl methyl sites for hydroxylation is 2. The van der Waals surface area contributed by atoms with Crippen molar-refractivity contribution in [1.29, 1.82) is 0 Å². The first-order valence-corrected chi connectivity index (χ1v) is 6.63. The van der Waals surface area contributed by atoms with Gasteiger partial charge in [0.15, 0.2) is 0 Å². The summed E-state index contributed by atoms with van der Waals surface area (Å²) in [6, 6.07) is 8.72. The van der Waals surface area contributed by atoms with Crippen molar-refractivity contribution in [2.24, 2.45) is 0 Å². The minimum atomic E-state index is -1.09. The lowest BCUT2D eigenvalue weighted by atomic mass is 10.0. The Bertz CT molecular complexity index is 590.